The van der Waals surface area contributed by atoms with Gasteiger partial charge in [-0.2, -0.15) is 36.2 Å². The topological polar surface area (TPSA) is 177 Å². The summed E-state index contributed by atoms with van der Waals surface area (Å²) in [5, 5.41) is 17.1. The Labute approximate surface area is 203 Å². The second-order valence-electron chi connectivity index (χ2n) is 7.16. The number of hydrogen-bond acceptors (Lipinski definition) is 9. The third-order valence-electron chi connectivity index (χ3n) is 4.59. The summed E-state index contributed by atoms with van der Waals surface area (Å²) in [4.78, 5) is 49.2. The van der Waals surface area contributed by atoms with E-state index in [4.69, 9.17) is 11.5 Å². The molecule has 4 unspecified atom stereocenters. The first-order valence-electron chi connectivity index (χ1n) is 10.4. The minimum absolute atomic E-state index is 0.0144. The van der Waals surface area contributed by atoms with Crippen LogP contribution in [0.15, 0.2) is 0 Å². The Morgan fingerprint density at radius 3 is 1.91 bits per heavy atom. The van der Waals surface area contributed by atoms with Crippen molar-refractivity contribution in [3.63, 3.8) is 0 Å². The molecule has 0 aliphatic carbocycles. The number of rotatable bonds is 18. The van der Waals surface area contributed by atoms with E-state index in [1.54, 1.807) is 11.8 Å². The monoisotopic (exact) mass is 511 g/mol. The number of thiol groups is 1. The molecule has 0 saturated heterocycles. The van der Waals surface area contributed by atoms with Crippen LogP contribution in [0.2, 0.25) is 0 Å². The van der Waals surface area contributed by atoms with Gasteiger partial charge in [0.05, 0.1) is 6.04 Å². The Bertz CT molecular complexity index is 600. The van der Waals surface area contributed by atoms with Crippen molar-refractivity contribution in [3.05, 3.63) is 0 Å². The maximum absolute atomic E-state index is 12.7. The van der Waals surface area contributed by atoms with Crippen molar-refractivity contribution < 1.29 is 24.3 Å². The summed E-state index contributed by atoms with van der Waals surface area (Å²) in [6, 6.07) is -3.75. The van der Waals surface area contributed by atoms with Gasteiger partial charge in [0.1, 0.15) is 18.1 Å². The van der Waals surface area contributed by atoms with Crippen molar-refractivity contribution in [1.82, 2.24) is 16.0 Å². The van der Waals surface area contributed by atoms with E-state index in [0.29, 0.717) is 43.7 Å². The van der Waals surface area contributed by atoms with E-state index in [-0.39, 0.29) is 12.2 Å². The first kappa shape index (κ1) is 30.9. The van der Waals surface area contributed by atoms with Gasteiger partial charge in [-0.1, -0.05) is 0 Å². The van der Waals surface area contributed by atoms with Crippen molar-refractivity contribution >= 4 is 59.8 Å². The Kier molecular flexibility index (Phi) is 17.6. The second kappa shape index (κ2) is 18.3. The molecule has 0 aliphatic heterocycles. The summed E-state index contributed by atoms with van der Waals surface area (Å²) >= 11 is 7.18. The fourth-order valence-electron chi connectivity index (χ4n) is 2.65. The molecule has 0 radical (unpaired) electrons. The largest absolute Gasteiger partial charge is 0.480 e. The molecule has 0 fully saturated rings. The van der Waals surface area contributed by atoms with Crippen LogP contribution in [0.5, 0.6) is 0 Å². The maximum Gasteiger partial charge on any atom is 0.326 e. The quantitative estimate of drug-likeness (QED) is 0.0937. The highest BCUT2D eigenvalue weighted by atomic mass is 32.2. The van der Waals surface area contributed by atoms with Crippen LogP contribution >= 0.6 is 36.2 Å². The van der Waals surface area contributed by atoms with Gasteiger partial charge in [-0.3, -0.25) is 14.4 Å². The molecule has 3 amide bonds. The summed E-state index contributed by atoms with van der Waals surface area (Å²) in [7, 11) is 0. The molecular formula is C19H37N5O5S3. The SMILES string of the molecule is CSCCC(N)C(=O)NC(CS)C(=O)NC(CCSC)C(=O)NC(CCCCN)C(=O)O. The molecule has 0 bridgehead atoms. The average Bonchev–Trinajstić information content (AvgIpc) is 2.77. The molecule has 0 aliphatic rings. The van der Waals surface area contributed by atoms with E-state index >= 15 is 0 Å². The molecular weight excluding hydrogens is 474 g/mol. The van der Waals surface area contributed by atoms with Gasteiger partial charge in [0.2, 0.25) is 17.7 Å². The summed E-state index contributed by atoms with van der Waals surface area (Å²) in [6.45, 7) is 0.435. The smallest absolute Gasteiger partial charge is 0.326 e. The zero-order valence-electron chi connectivity index (χ0n) is 18.7. The third kappa shape index (κ3) is 12.8. The zero-order valence-corrected chi connectivity index (χ0v) is 21.2. The first-order chi connectivity index (χ1) is 15.2. The Hall–Kier alpha value is -1.15. The van der Waals surface area contributed by atoms with Crippen molar-refractivity contribution in [2.75, 3.05) is 36.3 Å². The zero-order chi connectivity index (χ0) is 24.5. The molecule has 0 aromatic heterocycles. The minimum Gasteiger partial charge on any atom is -0.480 e. The summed E-state index contributed by atoms with van der Waals surface area (Å²) in [5.41, 5.74) is 11.3. The lowest BCUT2D eigenvalue weighted by Gasteiger charge is -2.24. The van der Waals surface area contributed by atoms with Gasteiger partial charge < -0.3 is 32.5 Å². The van der Waals surface area contributed by atoms with Gasteiger partial charge >= 0.3 is 5.97 Å². The van der Waals surface area contributed by atoms with Crippen molar-refractivity contribution in [1.29, 1.82) is 0 Å². The molecule has 0 aromatic carbocycles. The lowest BCUT2D eigenvalue weighted by atomic mass is 10.1. The van der Waals surface area contributed by atoms with Crippen LogP contribution in [0.3, 0.4) is 0 Å². The second-order valence-corrected chi connectivity index (χ2v) is 9.49. The molecule has 0 spiro atoms. The van der Waals surface area contributed by atoms with Crippen molar-refractivity contribution in [2.45, 2.75) is 56.3 Å². The van der Waals surface area contributed by atoms with Crippen LogP contribution in [-0.4, -0.2) is 89.3 Å². The van der Waals surface area contributed by atoms with Crippen LogP contribution in [-0.2, 0) is 19.2 Å². The van der Waals surface area contributed by atoms with Gasteiger partial charge in [-0.05, 0) is 62.7 Å². The molecule has 32 heavy (non-hydrogen) atoms. The molecule has 0 aromatic rings. The third-order valence-corrected chi connectivity index (χ3v) is 6.24. The van der Waals surface area contributed by atoms with E-state index in [2.05, 4.69) is 28.6 Å². The number of aliphatic carboxylic acids is 1. The number of nitrogens with two attached hydrogens (primary N) is 2. The number of carboxylic acid groups (broad SMARTS) is 1. The molecule has 0 heterocycles. The van der Waals surface area contributed by atoms with Gasteiger partial charge in [0.25, 0.3) is 0 Å². The lowest BCUT2D eigenvalue weighted by Crippen LogP contribution is -2.57. The Morgan fingerprint density at radius 1 is 0.844 bits per heavy atom. The number of thioether (sulfide) groups is 2. The van der Waals surface area contributed by atoms with E-state index in [1.165, 1.54) is 11.8 Å². The van der Waals surface area contributed by atoms with Crippen LogP contribution in [0.25, 0.3) is 0 Å². The summed E-state index contributed by atoms with van der Waals surface area (Å²) in [5.74, 6) is -1.50. The molecule has 4 atom stereocenters. The van der Waals surface area contributed by atoms with Gasteiger partial charge in [0.15, 0.2) is 0 Å². The number of nitrogens with one attached hydrogen (secondary N) is 3. The van der Waals surface area contributed by atoms with Crippen LogP contribution < -0.4 is 27.4 Å². The predicted molar refractivity (Wildman–Crippen MR) is 134 cm³/mol. The number of carbonyl (C=O) groups is 4. The van der Waals surface area contributed by atoms with E-state index < -0.39 is 47.9 Å². The predicted octanol–water partition coefficient (Wildman–Crippen LogP) is -0.582. The maximum atomic E-state index is 12.7. The normalized spacial score (nSPS) is 14.7. The van der Waals surface area contributed by atoms with E-state index in [9.17, 15) is 24.3 Å². The van der Waals surface area contributed by atoms with Crippen molar-refractivity contribution in [2.24, 2.45) is 11.5 Å². The fourth-order valence-corrected chi connectivity index (χ4v) is 3.87. The number of unbranched alkanes of at least 4 members (excludes halogenated alkanes) is 1. The summed E-state index contributed by atoms with van der Waals surface area (Å²) < 4.78 is 0. The van der Waals surface area contributed by atoms with Crippen LogP contribution in [0.1, 0.15) is 32.1 Å². The van der Waals surface area contributed by atoms with Crippen LogP contribution in [0, 0.1) is 0 Å². The Balaban J connectivity index is 5.12. The number of carboxylic acids is 1. The highest BCUT2D eigenvalue weighted by molar-refractivity contribution is 7.98. The lowest BCUT2D eigenvalue weighted by molar-refractivity contribution is -0.142. The molecule has 8 N–H and O–H groups in total. The Morgan fingerprint density at radius 2 is 1.38 bits per heavy atom. The average molecular weight is 512 g/mol. The molecule has 0 saturated carbocycles. The fraction of sp³-hybridized carbons (Fsp3) is 0.789. The first-order valence-corrected chi connectivity index (χ1v) is 13.8. The number of hydrogen-bond donors (Lipinski definition) is 7. The molecule has 0 rings (SSSR count). The summed E-state index contributed by atoms with van der Waals surface area (Å²) in [6.07, 6.45) is 5.97. The van der Waals surface area contributed by atoms with E-state index in [1.807, 2.05) is 12.5 Å². The minimum atomic E-state index is -1.15. The molecule has 13 heteroatoms. The molecule has 10 nitrogen and oxygen atoms in total. The van der Waals surface area contributed by atoms with Crippen molar-refractivity contribution in [3.8, 4) is 0 Å². The standard InChI is InChI=1S/C19H37N5O5S3/c1-31-9-6-12(21)16(25)24-15(11-30)18(27)22-13(7-10-32-2)17(26)23-14(19(28)29)5-3-4-8-20/h12-15,30H,3-11,20-21H2,1-2H3,(H,22,27)(H,23,26)(H,24,25)(H,28,29). The van der Waals surface area contributed by atoms with Gasteiger partial charge in [-0.25, -0.2) is 4.79 Å². The highest BCUT2D eigenvalue weighted by Gasteiger charge is 2.29. The van der Waals surface area contributed by atoms with E-state index in [0.717, 1.165) is 0 Å². The molecule has 186 valence electrons. The van der Waals surface area contributed by atoms with Gasteiger partial charge in [0, 0.05) is 5.75 Å². The van der Waals surface area contributed by atoms with Crippen LogP contribution in [0.4, 0.5) is 0 Å². The number of carbonyl (C=O) groups excluding carboxylic acids is 3. The van der Waals surface area contributed by atoms with Gasteiger partial charge in [-0.15, -0.1) is 0 Å². The highest BCUT2D eigenvalue weighted by Crippen LogP contribution is 2.06. The number of amides is 3.